The summed E-state index contributed by atoms with van der Waals surface area (Å²) in [5.74, 6) is 2.02. The lowest BCUT2D eigenvalue weighted by molar-refractivity contribution is 0.0714. The number of benzene rings is 1. The SMILES string of the molecule is CCc1nc(N2CCN(C(=O)c3ccco3)CC2)c2ccc(Cl)cc2n1. The molecule has 7 heteroatoms. The molecule has 0 N–H and O–H groups in total. The van der Waals surface area contributed by atoms with Gasteiger partial charge in [-0.15, -0.1) is 0 Å². The van der Waals surface area contributed by atoms with Crippen LogP contribution in [0, 0.1) is 0 Å². The molecule has 1 aliphatic rings. The van der Waals surface area contributed by atoms with Crippen molar-refractivity contribution in [3.05, 3.63) is 53.2 Å². The van der Waals surface area contributed by atoms with Gasteiger partial charge in [0.05, 0.1) is 11.8 Å². The number of carbonyl (C=O) groups excluding carboxylic acids is 1. The van der Waals surface area contributed by atoms with Gasteiger partial charge in [-0.1, -0.05) is 18.5 Å². The number of halogens is 1. The second kappa shape index (κ2) is 6.96. The van der Waals surface area contributed by atoms with Crippen LogP contribution in [-0.4, -0.2) is 47.0 Å². The summed E-state index contributed by atoms with van der Waals surface area (Å²) in [5, 5.41) is 1.65. The first-order chi connectivity index (χ1) is 12.7. The number of amides is 1. The van der Waals surface area contributed by atoms with Crippen LogP contribution in [0.3, 0.4) is 0 Å². The van der Waals surface area contributed by atoms with Gasteiger partial charge in [0.25, 0.3) is 5.91 Å². The fraction of sp³-hybridized carbons (Fsp3) is 0.316. The molecule has 6 nitrogen and oxygen atoms in total. The Balaban J connectivity index is 1.58. The molecule has 0 radical (unpaired) electrons. The molecule has 0 aliphatic carbocycles. The van der Waals surface area contributed by atoms with Gasteiger partial charge in [-0.2, -0.15) is 0 Å². The number of rotatable bonds is 3. The Kier molecular flexibility index (Phi) is 4.51. The average molecular weight is 371 g/mol. The number of carbonyl (C=O) groups is 1. The summed E-state index contributed by atoms with van der Waals surface area (Å²) < 4.78 is 5.22. The standard InChI is InChI=1S/C19H19ClN4O2/c1-2-17-21-15-12-13(20)5-6-14(15)18(22-17)23-7-9-24(10-8-23)19(25)16-4-3-11-26-16/h3-6,11-12H,2,7-10H2,1H3. The largest absolute Gasteiger partial charge is 0.459 e. The Bertz CT molecular complexity index is 934. The Hall–Kier alpha value is -2.60. The van der Waals surface area contributed by atoms with Gasteiger partial charge in [-0.3, -0.25) is 4.79 Å². The molecule has 1 amide bonds. The molecule has 0 bridgehead atoms. The lowest BCUT2D eigenvalue weighted by Gasteiger charge is -2.35. The molecule has 0 spiro atoms. The van der Waals surface area contributed by atoms with Crippen molar-refractivity contribution in [3.63, 3.8) is 0 Å². The molecule has 3 aromatic rings. The van der Waals surface area contributed by atoms with Gasteiger partial charge in [0.2, 0.25) is 0 Å². The Morgan fingerprint density at radius 3 is 2.69 bits per heavy atom. The van der Waals surface area contributed by atoms with Crippen LogP contribution in [0.1, 0.15) is 23.3 Å². The van der Waals surface area contributed by atoms with E-state index in [-0.39, 0.29) is 5.91 Å². The Morgan fingerprint density at radius 2 is 2.00 bits per heavy atom. The fourth-order valence-corrected chi connectivity index (χ4v) is 3.38. The van der Waals surface area contributed by atoms with E-state index in [1.807, 2.05) is 30.0 Å². The number of aromatic nitrogens is 2. The molecule has 1 aromatic carbocycles. The summed E-state index contributed by atoms with van der Waals surface area (Å²) >= 11 is 6.13. The van der Waals surface area contributed by atoms with Gasteiger partial charge >= 0.3 is 0 Å². The molecule has 0 saturated carbocycles. The summed E-state index contributed by atoms with van der Waals surface area (Å²) in [6, 6.07) is 9.13. The maximum absolute atomic E-state index is 12.4. The van der Waals surface area contributed by atoms with E-state index in [1.165, 1.54) is 6.26 Å². The van der Waals surface area contributed by atoms with Crippen LogP contribution in [0.4, 0.5) is 5.82 Å². The Labute approximate surface area is 156 Å². The normalized spacial score (nSPS) is 14.8. The van der Waals surface area contributed by atoms with E-state index in [9.17, 15) is 4.79 Å². The van der Waals surface area contributed by atoms with Crippen molar-refractivity contribution in [3.8, 4) is 0 Å². The number of anilines is 1. The zero-order valence-electron chi connectivity index (χ0n) is 14.5. The average Bonchev–Trinajstić information content (AvgIpc) is 3.21. The van der Waals surface area contributed by atoms with Crippen LogP contribution in [-0.2, 0) is 6.42 Å². The number of hydrogen-bond acceptors (Lipinski definition) is 5. The molecular weight excluding hydrogens is 352 g/mol. The third kappa shape index (κ3) is 3.12. The number of piperazine rings is 1. The molecule has 3 heterocycles. The molecule has 4 rings (SSSR count). The number of nitrogens with zero attached hydrogens (tertiary/aromatic N) is 4. The molecule has 1 aliphatic heterocycles. The highest BCUT2D eigenvalue weighted by Crippen LogP contribution is 2.27. The second-order valence-corrected chi connectivity index (χ2v) is 6.67. The van der Waals surface area contributed by atoms with Crippen LogP contribution >= 0.6 is 11.6 Å². The monoisotopic (exact) mass is 370 g/mol. The van der Waals surface area contributed by atoms with Crippen molar-refractivity contribution >= 4 is 34.2 Å². The van der Waals surface area contributed by atoms with E-state index < -0.39 is 0 Å². The van der Waals surface area contributed by atoms with Gasteiger partial charge in [0.1, 0.15) is 11.6 Å². The lowest BCUT2D eigenvalue weighted by Crippen LogP contribution is -2.49. The molecular formula is C19H19ClN4O2. The van der Waals surface area contributed by atoms with Crippen molar-refractivity contribution < 1.29 is 9.21 Å². The van der Waals surface area contributed by atoms with Crippen LogP contribution in [0.15, 0.2) is 41.0 Å². The maximum atomic E-state index is 12.4. The quantitative estimate of drug-likeness (QED) is 0.707. The molecule has 1 saturated heterocycles. The minimum absolute atomic E-state index is 0.0665. The van der Waals surface area contributed by atoms with Gasteiger partial charge in [0, 0.05) is 43.0 Å². The van der Waals surface area contributed by atoms with Crippen molar-refractivity contribution in [1.82, 2.24) is 14.9 Å². The summed E-state index contributed by atoms with van der Waals surface area (Å²) in [4.78, 5) is 25.8. The first-order valence-corrected chi connectivity index (χ1v) is 9.07. The van der Waals surface area contributed by atoms with Gasteiger partial charge in [-0.25, -0.2) is 9.97 Å². The number of aryl methyl sites for hydroxylation is 1. The lowest BCUT2D eigenvalue weighted by atomic mass is 10.2. The highest BCUT2D eigenvalue weighted by Gasteiger charge is 2.25. The van der Waals surface area contributed by atoms with E-state index in [0.29, 0.717) is 37.0 Å². The summed E-state index contributed by atoms with van der Waals surface area (Å²) in [7, 11) is 0. The van der Waals surface area contributed by atoms with Crippen molar-refractivity contribution in [2.24, 2.45) is 0 Å². The van der Waals surface area contributed by atoms with Crippen molar-refractivity contribution in [1.29, 1.82) is 0 Å². The van der Waals surface area contributed by atoms with Crippen LogP contribution in [0.2, 0.25) is 5.02 Å². The Morgan fingerprint density at radius 1 is 1.19 bits per heavy atom. The molecule has 0 atom stereocenters. The first-order valence-electron chi connectivity index (χ1n) is 8.69. The summed E-state index contributed by atoms with van der Waals surface area (Å²) in [6.07, 6.45) is 2.28. The summed E-state index contributed by atoms with van der Waals surface area (Å²) in [6.45, 7) is 4.71. The van der Waals surface area contributed by atoms with E-state index in [0.717, 1.165) is 29.0 Å². The van der Waals surface area contributed by atoms with E-state index in [1.54, 1.807) is 12.1 Å². The molecule has 134 valence electrons. The minimum atomic E-state index is -0.0665. The van der Waals surface area contributed by atoms with Gasteiger partial charge in [-0.05, 0) is 30.3 Å². The van der Waals surface area contributed by atoms with E-state index >= 15 is 0 Å². The van der Waals surface area contributed by atoms with Crippen LogP contribution < -0.4 is 4.90 Å². The second-order valence-electron chi connectivity index (χ2n) is 6.24. The molecule has 26 heavy (non-hydrogen) atoms. The third-order valence-electron chi connectivity index (χ3n) is 4.60. The smallest absolute Gasteiger partial charge is 0.289 e. The van der Waals surface area contributed by atoms with Crippen molar-refractivity contribution in [2.45, 2.75) is 13.3 Å². The van der Waals surface area contributed by atoms with Gasteiger partial charge in [0.15, 0.2) is 5.76 Å². The number of hydrogen-bond donors (Lipinski definition) is 0. The molecule has 1 fully saturated rings. The zero-order chi connectivity index (χ0) is 18.1. The maximum Gasteiger partial charge on any atom is 0.289 e. The van der Waals surface area contributed by atoms with E-state index in [4.69, 9.17) is 21.0 Å². The minimum Gasteiger partial charge on any atom is -0.459 e. The summed E-state index contributed by atoms with van der Waals surface area (Å²) in [5.41, 5.74) is 0.855. The van der Waals surface area contributed by atoms with Crippen LogP contribution in [0.25, 0.3) is 10.9 Å². The van der Waals surface area contributed by atoms with Gasteiger partial charge < -0.3 is 14.2 Å². The highest BCUT2D eigenvalue weighted by molar-refractivity contribution is 6.31. The van der Waals surface area contributed by atoms with E-state index in [2.05, 4.69) is 9.88 Å². The first kappa shape index (κ1) is 16.8. The number of furan rings is 1. The topological polar surface area (TPSA) is 62.5 Å². The highest BCUT2D eigenvalue weighted by atomic mass is 35.5. The fourth-order valence-electron chi connectivity index (χ4n) is 3.21. The number of fused-ring (bicyclic) bond motifs is 1. The predicted molar refractivity (Wildman–Crippen MR) is 101 cm³/mol. The third-order valence-corrected chi connectivity index (χ3v) is 4.83. The zero-order valence-corrected chi connectivity index (χ0v) is 15.2. The predicted octanol–water partition coefficient (Wildman–Crippen LogP) is 3.40. The van der Waals surface area contributed by atoms with Crippen LogP contribution in [0.5, 0.6) is 0 Å². The van der Waals surface area contributed by atoms with Crippen molar-refractivity contribution in [2.75, 3.05) is 31.1 Å². The molecule has 2 aromatic heterocycles. The molecule has 0 unspecified atom stereocenters.